The number of nitrogens with zero attached hydrogens (tertiary/aromatic N) is 5. The Bertz CT molecular complexity index is 808. The van der Waals surface area contributed by atoms with Gasteiger partial charge in [0.15, 0.2) is 0 Å². The third-order valence-electron chi connectivity index (χ3n) is 3.66. The Hall–Kier alpha value is -2.60. The van der Waals surface area contributed by atoms with Gasteiger partial charge >= 0.3 is 0 Å². The molecule has 0 atom stereocenters. The van der Waals surface area contributed by atoms with E-state index in [1.54, 1.807) is 12.5 Å². The van der Waals surface area contributed by atoms with Crippen LogP contribution in [0.1, 0.15) is 31.0 Å². The van der Waals surface area contributed by atoms with Gasteiger partial charge in [-0.2, -0.15) is 4.98 Å². The Morgan fingerprint density at radius 1 is 1.12 bits per heavy atom. The molecule has 124 valence electrons. The van der Waals surface area contributed by atoms with Crippen LogP contribution in [0.2, 0.25) is 0 Å². The van der Waals surface area contributed by atoms with Crippen LogP contribution >= 0.6 is 0 Å². The first-order chi connectivity index (χ1) is 11.5. The van der Waals surface area contributed by atoms with Gasteiger partial charge in [0, 0.05) is 18.3 Å². The molecule has 2 aromatic heterocycles. The molecule has 0 saturated carbocycles. The first-order valence-corrected chi connectivity index (χ1v) is 7.92. The molecule has 3 rings (SSSR count). The van der Waals surface area contributed by atoms with Gasteiger partial charge in [-0.3, -0.25) is 0 Å². The quantitative estimate of drug-likeness (QED) is 0.717. The standard InChI is InChI=1S/C18H21N5O/c1-12(2)16-15(9-19-11-20-16)18-21-17(22-24-18)14-7-5-13(6-8-14)10-23(3)4/h5-9,11-12H,10H2,1-4H3. The van der Waals surface area contributed by atoms with Gasteiger partial charge in [-0.25, -0.2) is 9.97 Å². The van der Waals surface area contributed by atoms with Crippen LogP contribution in [0.4, 0.5) is 0 Å². The minimum Gasteiger partial charge on any atom is -0.333 e. The molecule has 0 saturated heterocycles. The lowest BCUT2D eigenvalue weighted by molar-refractivity contribution is 0.402. The fraction of sp³-hybridized carbons (Fsp3) is 0.333. The molecule has 1 aromatic carbocycles. The van der Waals surface area contributed by atoms with E-state index >= 15 is 0 Å². The minimum absolute atomic E-state index is 0.253. The summed E-state index contributed by atoms with van der Waals surface area (Å²) in [6.45, 7) is 5.05. The highest BCUT2D eigenvalue weighted by Gasteiger charge is 2.17. The fourth-order valence-electron chi connectivity index (χ4n) is 2.54. The molecule has 0 radical (unpaired) electrons. The second-order valence-corrected chi connectivity index (χ2v) is 6.33. The summed E-state index contributed by atoms with van der Waals surface area (Å²) in [4.78, 5) is 15.1. The van der Waals surface area contributed by atoms with Gasteiger partial charge in [0.1, 0.15) is 6.33 Å². The van der Waals surface area contributed by atoms with Crippen LogP contribution in [-0.2, 0) is 6.54 Å². The molecule has 0 fully saturated rings. The van der Waals surface area contributed by atoms with Crippen LogP contribution in [0, 0.1) is 0 Å². The molecule has 6 nitrogen and oxygen atoms in total. The molecule has 0 bridgehead atoms. The van der Waals surface area contributed by atoms with Crippen molar-refractivity contribution in [3.8, 4) is 22.8 Å². The summed E-state index contributed by atoms with van der Waals surface area (Å²) < 4.78 is 5.44. The van der Waals surface area contributed by atoms with Crippen molar-refractivity contribution in [1.82, 2.24) is 25.0 Å². The van der Waals surface area contributed by atoms with E-state index in [1.165, 1.54) is 5.56 Å². The normalized spacial score (nSPS) is 11.4. The Balaban J connectivity index is 1.89. The molecule has 6 heteroatoms. The van der Waals surface area contributed by atoms with E-state index in [2.05, 4.69) is 51.0 Å². The molecular formula is C18H21N5O. The van der Waals surface area contributed by atoms with E-state index in [1.807, 2.05) is 26.2 Å². The Morgan fingerprint density at radius 3 is 2.54 bits per heavy atom. The fourth-order valence-corrected chi connectivity index (χ4v) is 2.54. The maximum atomic E-state index is 5.44. The topological polar surface area (TPSA) is 67.9 Å². The zero-order chi connectivity index (χ0) is 17.1. The van der Waals surface area contributed by atoms with E-state index in [0.29, 0.717) is 11.7 Å². The highest BCUT2D eigenvalue weighted by Crippen LogP contribution is 2.27. The molecule has 0 aliphatic heterocycles. The molecule has 0 amide bonds. The second kappa shape index (κ2) is 6.88. The van der Waals surface area contributed by atoms with Crippen LogP contribution in [-0.4, -0.2) is 39.1 Å². The summed E-state index contributed by atoms with van der Waals surface area (Å²) in [7, 11) is 4.10. The maximum Gasteiger partial charge on any atom is 0.261 e. The molecule has 0 N–H and O–H groups in total. The summed E-state index contributed by atoms with van der Waals surface area (Å²) in [6.07, 6.45) is 3.26. The zero-order valence-corrected chi connectivity index (χ0v) is 14.4. The largest absolute Gasteiger partial charge is 0.333 e. The Kier molecular flexibility index (Phi) is 4.66. The average molecular weight is 323 g/mol. The lowest BCUT2D eigenvalue weighted by Gasteiger charge is -2.09. The van der Waals surface area contributed by atoms with Gasteiger partial charge < -0.3 is 9.42 Å². The van der Waals surface area contributed by atoms with Gasteiger partial charge in [0.05, 0.1) is 11.3 Å². The SMILES string of the molecule is CC(C)c1ncncc1-c1nc(-c2ccc(CN(C)C)cc2)no1. The van der Waals surface area contributed by atoms with Gasteiger partial charge in [-0.1, -0.05) is 43.3 Å². The van der Waals surface area contributed by atoms with Crippen LogP contribution in [0.25, 0.3) is 22.8 Å². The zero-order valence-electron chi connectivity index (χ0n) is 14.4. The number of rotatable bonds is 5. The van der Waals surface area contributed by atoms with Crippen LogP contribution in [0.15, 0.2) is 41.3 Å². The molecule has 0 aliphatic carbocycles. The minimum atomic E-state index is 0.253. The molecule has 24 heavy (non-hydrogen) atoms. The summed E-state index contributed by atoms with van der Waals surface area (Å²) in [6, 6.07) is 8.18. The summed E-state index contributed by atoms with van der Waals surface area (Å²) in [5, 5.41) is 4.10. The third-order valence-corrected chi connectivity index (χ3v) is 3.66. The smallest absolute Gasteiger partial charge is 0.261 e. The van der Waals surface area contributed by atoms with Gasteiger partial charge in [0.2, 0.25) is 5.82 Å². The van der Waals surface area contributed by atoms with Gasteiger partial charge in [-0.05, 0) is 25.6 Å². The van der Waals surface area contributed by atoms with Crippen molar-refractivity contribution in [2.45, 2.75) is 26.3 Å². The van der Waals surface area contributed by atoms with E-state index < -0.39 is 0 Å². The highest BCUT2D eigenvalue weighted by atomic mass is 16.5. The second-order valence-electron chi connectivity index (χ2n) is 6.33. The summed E-state index contributed by atoms with van der Waals surface area (Å²) in [5.41, 5.74) is 3.86. The van der Waals surface area contributed by atoms with Crippen molar-refractivity contribution >= 4 is 0 Å². The molecule has 0 unspecified atom stereocenters. The predicted molar refractivity (Wildman–Crippen MR) is 92.2 cm³/mol. The molecule has 2 heterocycles. The van der Waals surface area contributed by atoms with E-state index in [4.69, 9.17) is 4.52 Å². The molecule has 0 spiro atoms. The maximum absolute atomic E-state index is 5.44. The number of benzene rings is 1. The van der Waals surface area contributed by atoms with Crippen molar-refractivity contribution in [2.24, 2.45) is 0 Å². The Labute approximate surface area is 141 Å². The first-order valence-electron chi connectivity index (χ1n) is 7.92. The summed E-state index contributed by atoms with van der Waals surface area (Å²) >= 11 is 0. The van der Waals surface area contributed by atoms with Crippen molar-refractivity contribution in [1.29, 1.82) is 0 Å². The van der Waals surface area contributed by atoms with Crippen LogP contribution in [0.3, 0.4) is 0 Å². The van der Waals surface area contributed by atoms with E-state index in [0.717, 1.165) is 23.4 Å². The monoisotopic (exact) mass is 323 g/mol. The van der Waals surface area contributed by atoms with Gasteiger partial charge in [-0.15, -0.1) is 0 Å². The predicted octanol–water partition coefficient (Wildman–Crippen LogP) is 3.38. The van der Waals surface area contributed by atoms with E-state index in [9.17, 15) is 0 Å². The van der Waals surface area contributed by atoms with Crippen LogP contribution < -0.4 is 0 Å². The lowest BCUT2D eigenvalue weighted by Crippen LogP contribution is -2.10. The van der Waals surface area contributed by atoms with Crippen LogP contribution in [0.5, 0.6) is 0 Å². The molecular weight excluding hydrogens is 302 g/mol. The number of hydrogen-bond donors (Lipinski definition) is 0. The van der Waals surface area contributed by atoms with Gasteiger partial charge in [0.25, 0.3) is 5.89 Å². The van der Waals surface area contributed by atoms with E-state index in [-0.39, 0.29) is 5.92 Å². The highest BCUT2D eigenvalue weighted by molar-refractivity contribution is 5.61. The van der Waals surface area contributed by atoms with Crippen molar-refractivity contribution in [2.75, 3.05) is 14.1 Å². The molecule has 3 aromatic rings. The first kappa shape index (κ1) is 16.3. The number of hydrogen-bond acceptors (Lipinski definition) is 6. The van der Waals surface area contributed by atoms with Crippen molar-refractivity contribution < 1.29 is 4.52 Å². The number of aromatic nitrogens is 4. The molecule has 0 aliphatic rings. The Morgan fingerprint density at radius 2 is 1.88 bits per heavy atom. The lowest BCUT2D eigenvalue weighted by atomic mass is 10.1. The average Bonchev–Trinajstić information content (AvgIpc) is 3.05. The van der Waals surface area contributed by atoms with Crippen molar-refractivity contribution in [3.63, 3.8) is 0 Å². The summed E-state index contributed by atoms with van der Waals surface area (Å²) in [5.74, 6) is 1.27. The van der Waals surface area contributed by atoms with Crippen molar-refractivity contribution in [3.05, 3.63) is 48.0 Å². The third kappa shape index (κ3) is 3.49.